The summed E-state index contributed by atoms with van der Waals surface area (Å²) < 4.78 is 5.70. The second-order valence-electron chi connectivity index (χ2n) is 3.51. The van der Waals surface area contributed by atoms with Gasteiger partial charge in [-0.2, -0.15) is 5.11 Å². The van der Waals surface area contributed by atoms with Crippen LogP contribution in [0.15, 0.2) is 23.3 Å². The van der Waals surface area contributed by atoms with Crippen LogP contribution in [0.5, 0.6) is 5.75 Å². The highest BCUT2D eigenvalue weighted by molar-refractivity contribution is 5.77. The first-order valence-electron chi connectivity index (χ1n) is 5.38. The third kappa shape index (κ3) is 2.89. The second-order valence-corrected chi connectivity index (χ2v) is 3.51. The minimum Gasteiger partial charge on any atom is -0.488 e. The first kappa shape index (κ1) is 12.4. The Morgan fingerprint density at radius 3 is 2.62 bits per heavy atom. The topological polar surface area (TPSA) is 62.5 Å². The number of aldehydes is 1. The molecule has 1 rings (SSSR count). The predicted molar refractivity (Wildman–Crippen MR) is 61.6 cm³/mol. The maximum atomic E-state index is 10.7. The molecule has 0 aromatic heterocycles. The summed E-state index contributed by atoms with van der Waals surface area (Å²) in [6.45, 7) is 4.07. The van der Waals surface area contributed by atoms with Crippen LogP contribution in [0, 0.1) is 5.53 Å². The molecular weight excluding hydrogens is 204 g/mol. The fourth-order valence-corrected chi connectivity index (χ4v) is 1.43. The summed E-state index contributed by atoms with van der Waals surface area (Å²) in [6.07, 6.45) is 2.63. The zero-order valence-electron chi connectivity index (χ0n) is 9.56. The van der Waals surface area contributed by atoms with E-state index in [4.69, 9.17) is 10.3 Å². The van der Waals surface area contributed by atoms with E-state index in [0.29, 0.717) is 17.0 Å². The van der Waals surface area contributed by atoms with Gasteiger partial charge in [0.05, 0.1) is 6.10 Å². The fraction of sp³-hybridized carbons (Fsp3) is 0.417. The van der Waals surface area contributed by atoms with Crippen LogP contribution in [-0.2, 0) is 0 Å². The zero-order valence-corrected chi connectivity index (χ0v) is 9.56. The molecule has 0 aliphatic rings. The summed E-state index contributed by atoms with van der Waals surface area (Å²) in [5.74, 6) is 0.508. The van der Waals surface area contributed by atoms with Gasteiger partial charge in [-0.05, 0) is 31.0 Å². The Morgan fingerprint density at radius 2 is 2.12 bits per heavy atom. The van der Waals surface area contributed by atoms with Crippen LogP contribution in [0.4, 0.5) is 5.69 Å². The van der Waals surface area contributed by atoms with Crippen molar-refractivity contribution in [2.75, 3.05) is 0 Å². The molecule has 0 atom stereocenters. The summed E-state index contributed by atoms with van der Waals surface area (Å²) in [4.78, 5) is 10.7. The van der Waals surface area contributed by atoms with Crippen LogP contribution in [0.3, 0.4) is 0 Å². The molecule has 0 amide bonds. The van der Waals surface area contributed by atoms with E-state index >= 15 is 0 Å². The van der Waals surface area contributed by atoms with Gasteiger partial charge in [-0.25, -0.2) is 5.53 Å². The molecule has 4 heteroatoms. The Labute approximate surface area is 95.1 Å². The quantitative estimate of drug-likeness (QED) is 0.586. The third-order valence-electron chi connectivity index (χ3n) is 2.44. The highest BCUT2D eigenvalue weighted by Crippen LogP contribution is 2.29. The Hall–Kier alpha value is -1.71. The number of nitrogens with zero attached hydrogens (tertiary/aromatic N) is 1. The molecule has 16 heavy (non-hydrogen) atoms. The number of rotatable bonds is 6. The largest absolute Gasteiger partial charge is 0.488 e. The van der Waals surface area contributed by atoms with Crippen LogP contribution < -0.4 is 4.74 Å². The number of nitrogens with one attached hydrogen (secondary N) is 1. The van der Waals surface area contributed by atoms with Crippen LogP contribution in [0.2, 0.25) is 0 Å². The van der Waals surface area contributed by atoms with Crippen molar-refractivity contribution in [3.05, 3.63) is 23.8 Å². The summed E-state index contributed by atoms with van der Waals surface area (Å²) >= 11 is 0. The Bertz CT molecular complexity index is 373. The molecule has 1 aromatic rings. The Kier molecular flexibility index (Phi) is 4.64. The summed E-state index contributed by atoms with van der Waals surface area (Å²) in [5.41, 5.74) is 8.02. The predicted octanol–water partition coefficient (Wildman–Crippen LogP) is 3.73. The van der Waals surface area contributed by atoms with Gasteiger partial charge < -0.3 is 4.74 Å². The van der Waals surface area contributed by atoms with Gasteiger partial charge in [0.15, 0.2) is 0 Å². The van der Waals surface area contributed by atoms with Crippen molar-refractivity contribution in [3.8, 4) is 5.75 Å². The number of hydrogen-bond donors (Lipinski definition) is 1. The van der Waals surface area contributed by atoms with Crippen molar-refractivity contribution in [1.29, 1.82) is 5.53 Å². The molecule has 0 unspecified atom stereocenters. The SMILES string of the molecule is CCC(CC)Oc1cc(C=O)ccc1N=N. The van der Waals surface area contributed by atoms with Crippen LogP contribution in [-0.4, -0.2) is 12.4 Å². The lowest BCUT2D eigenvalue weighted by Crippen LogP contribution is -2.13. The van der Waals surface area contributed by atoms with E-state index in [0.717, 1.165) is 19.1 Å². The number of ether oxygens (including phenoxy) is 1. The minimum atomic E-state index is 0.0994. The first-order chi connectivity index (χ1) is 7.74. The van der Waals surface area contributed by atoms with Gasteiger partial charge in [0.2, 0.25) is 0 Å². The molecule has 1 aromatic carbocycles. The lowest BCUT2D eigenvalue weighted by Gasteiger charge is -2.16. The van der Waals surface area contributed by atoms with Crippen LogP contribution in [0.1, 0.15) is 37.0 Å². The number of carbonyl (C=O) groups is 1. The van der Waals surface area contributed by atoms with E-state index in [9.17, 15) is 4.79 Å². The molecule has 0 saturated carbocycles. The second kappa shape index (κ2) is 6.00. The highest BCUT2D eigenvalue weighted by atomic mass is 16.5. The molecule has 1 N–H and O–H groups in total. The lowest BCUT2D eigenvalue weighted by atomic mass is 10.2. The summed E-state index contributed by atoms with van der Waals surface area (Å²) in [6, 6.07) is 4.87. The highest BCUT2D eigenvalue weighted by Gasteiger charge is 2.10. The van der Waals surface area contributed by atoms with Gasteiger partial charge in [-0.1, -0.05) is 13.8 Å². The van der Waals surface area contributed by atoms with Gasteiger partial charge in [0.25, 0.3) is 0 Å². The maximum absolute atomic E-state index is 10.7. The maximum Gasteiger partial charge on any atom is 0.150 e. The smallest absolute Gasteiger partial charge is 0.150 e. The normalized spacial score (nSPS) is 10.2. The van der Waals surface area contributed by atoms with Gasteiger partial charge >= 0.3 is 0 Å². The number of carbonyl (C=O) groups excluding carboxylic acids is 1. The molecule has 0 fully saturated rings. The molecule has 0 saturated heterocycles. The molecule has 86 valence electrons. The van der Waals surface area contributed by atoms with Crippen molar-refractivity contribution in [1.82, 2.24) is 0 Å². The van der Waals surface area contributed by atoms with E-state index in [-0.39, 0.29) is 6.10 Å². The molecule has 4 nitrogen and oxygen atoms in total. The van der Waals surface area contributed by atoms with Gasteiger partial charge in [-0.3, -0.25) is 4.79 Å². The van der Waals surface area contributed by atoms with Crippen molar-refractivity contribution in [2.24, 2.45) is 5.11 Å². The van der Waals surface area contributed by atoms with E-state index in [1.165, 1.54) is 0 Å². The Morgan fingerprint density at radius 1 is 1.44 bits per heavy atom. The number of hydrogen-bond acceptors (Lipinski definition) is 4. The molecule has 0 heterocycles. The zero-order chi connectivity index (χ0) is 12.0. The summed E-state index contributed by atoms with van der Waals surface area (Å²) in [7, 11) is 0. The van der Waals surface area contributed by atoms with Gasteiger partial charge in [0, 0.05) is 5.56 Å². The van der Waals surface area contributed by atoms with Crippen molar-refractivity contribution in [2.45, 2.75) is 32.8 Å². The van der Waals surface area contributed by atoms with E-state index in [1.807, 2.05) is 13.8 Å². The average molecular weight is 220 g/mol. The third-order valence-corrected chi connectivity index (χ3v) is 2.44. The molecule has 0 aliphatic carbocycles. The van der Waals surface area contributed by atoms with Crippen molar-refractivity contribution in [3.63, 3.8) is 0 Å². The van der Waals surface area contributed by atoms with E-state index in [2.05, 4.69) is 5.11 Å². The lowest BCUT2D eigenvalue weighted by molar-refractivity contribution is 0.112. The average Bonchev–Trinajstić information content (AvgIpc) is 2.35. The summed E-state index contributed by atoms with van der Waals surface area (Å²) in [5, 5.41) is 3.38. The van der Waals surface area contributed by atoms with Crippen molar-refractivity contribution < 1.29 is 9.53 Å². The Balaban J connectivity index is 2.98. The van der Waals surface area contributed by atoms with Crippen LogP contribution >= 0.6 is 0 Å². The standard InChI is InChI=1S/C12H16N2O2/c1-3-10(4-2)16-12-7-9(8-15)5-6-11(12)14-13/h5-8,10,13H,3-4H2,1-2H3. The molecule has 0 spiro atoms. The minimum absolute atomic E-state index is 0.0994. The first-order valence-corrected chi connectivity index (χ1v) is 5.38. The van der Waals surface area contributed by atoms with E-state index in [1.54, 1.807) is 18.2 Å². The van der Waals surface area contributed by atoms with Crippen molar-refractivity contribution >= 4 is 12.0 Å². The van der Waals surface area contributed by atoms with Gasteiger partial charge in [0.1, 0.15) is 17.7 Å². The van der Waals surface area contributed by atoms with E-state index < -0.39 is 0 Å². The molecular formula is C12H16N2O2. The fourth-order valence-electron chi connectivity index (χ4n) is 1.43. The molecule has 0 bridgehead atoms. The molecule has 0 radical (unpaired) electrons. The number of benzene rings is 1. The van der Waals surface area contributed by atoms with Gasteiger partial charge in [-0.15, -0.1) is 0 Å². The monoisotopic (exact) mass is 220 g/mol. The molecule has 0 aliphatic heterocycles. The van der Waals surface area contributed by atoms with Crippen LogP contribution in [0.25, 0.3) is 0 Å².